The maximum Gasteiger partial charge on any atom is 0.269 e. The van der Waals surface area contributed by atoms with E-state index in [1.165, 1.54) is 12.1 Å². The highest BCUT2D eigenvalue weighted by Gasteiger charge is 2.12. The largest absolute Gasteiger partial charge is 0.325 e. The Morgan fingerprint density at radius 2 is 1.84 bits per heavy atom. The van der Waals surface area contributed by atoms with Crippen molar-refractivity contribution in [1.29, 1.82) is 0 Å². The number of amides is 1. The number of anilines is 1. The Morgan fingerprint density at radius 1 is 1.16 bits per heavy atom. The fourth-order valence-electron chi connectivity index (χ4n) is 2.62. The Balaban J connectivity index is 1.98. The van der Waals surface area contributed by atoms with Crippen molar-refractivity contribution in [3.63, 3.8) is 0 Å². The lowest BCUT2D eigenvalue weighted by Gasteiger charge is -2.21. The first-order valence-electron chi connectivity index (χ1n) is 8.30. The Kier molecular flexibility index (Phi) is 6.65. The fraction of sp³-hybridized carbons (Fsp3) is 0.316. The highest BCUT2D eigenvalue weighted by atomic mass is 16.6. The van der Waals surface area contributed by atoms with E-state index in [0.29, 0.717) is 6.54 Å². The summed E-state index contributed by atoms with van der Waals surface area (Å²) < 4.78 is 0. The molecule has 0 aliphatic heterocycles. The standard InChI is InChI=1S/C19H23N3O3/c1-3-12-21(13-16-8-10-17(11-9-16)22(24)25)14-19(23)20-18-7-5-4-6-15(18)2/h4-11H,3,12-14H2,1-2H3,(H,20,23). The van der Waals surface area contributed by atoms with Crippen LogP contribution >= 0.6 is 0 Å². The van der Waals surface area contributed by atoms with Crippen molar-refractivity contribution < 1.29 is 9.72 Å². The van der Waals surface area contributed by atoms with E-state index in [1.807, 2.05) is 36.1 Å². The molecule has 0 saturated carbocycles. The number of non-ortho nitro benzene ring substituents is 1. The molecule has 132 valence electrons. The molecule has 1 N–H and O–H groups in total. The van der Waals surface area contributed by atoms with Crippen molar-refractivity contribution in [3.8, 4) is 0 Å². The lowest BCUT2D eigenvalue weighted by Crippen LogP contribution is -2.33. The molecule has 2 aromatic rings. The second-order valence-corrected chi connectivity index (χ2v) is 6.00. The first-order valence-corrected chi connectivity index (χ1v) is 8.30. The number of nitrogens with one attached hydrogen (secondary N) is 1. The van der Waals surface area contributed by atoms with Gasteiger partial charge in [0.25, 0.3) is 5.69 Å². The smallest absolute Gasteiger partial charge is 0.269 e. The molecule has 0 aliphatic carbocycles. The van der Waals surface area contributed by atoms with Crippen LogP contribution in [-0.4, -0.2) is 28.8 Å². The molecule has 0 saturated heterocycles. The lowest BCUT2D eigenvalue weighted by molar-refractivity contribution is -0.384. The fourth-order valence-corrected chi connectivity index (χ4v) is 2.62. The number of nitrogens with zero attached hydrogens (tertiary/aromatic N) is 2. The van der Waals surface area contributed by atoms with Gasteiger partial charge in [0.05, 0.1) is 11.5 Å². The van der Waals surface area contributed by atoms with Crippen LogP contribution in [0.1, 0.15) is 24.5 Å². The zero-order chi connectivity index (χ0) is 18.2. The topological polar surface area (TPSA) is 75.5 Å². The molecule has 25 heavy (non-hydrogen) atoms. The molecular weight excluding hydrogens is 318 g/mol. The number of nitro benzene ring substituents is 1. The number of benzene rings is 2. The lowest BCUT2D eigenvalue weighted by atomic mass is 10.2. The van der Waals surface area contributed by atoms with Crippen molar-refractivity contribution in [1.82, 2.24) is 4.90 Å². The summed E-state index contributed by atoms with van der Waals surface area (Å²) in [6.07, 6.45) is 0.921. The normalized spacial score (nSPS) is 10.7. The molecule has 0 bridgehead atoms. The third kappa shape index (κ3) is 5.69. The van der Waals surface area contributed by atoms with E-state index in [-0.39, 0.29) is 18.1 Å². The third-order valence-electron chi connectivity index (χ3n) is 3.88. The van der Waals surface area contributed by atoms with Gasteiger partial charge < -0.3 is 5.32 Å². The van der Waals surface area contributed by atoms with Gasteiger partial charge in [-0.05, 0) is 37.1 Å². The minimum Gasteiger partial charge on any atom is -0.325 e. The van der Waals surface area contributed by atoms with Crippen molar-refractivity contribution in [2.75, 3.05) is 18.4 Å². The number of carbonyl (C=O) groups is 1. The Morgan fingerprint density at radius 3 is 2.44 bits per heavy atom. The molecule has 0 aliphatic rings. The monoisotopic (exact) mass is 341 g/mol. The highest BCUT2D eigenvalue weighted by molar-refractivity contribution is 5.92. The molecule has 6 nitrogen and oxygen atoms in total. The summed E-state index contributed by atoms with van der Waals surface area (Å²) in [4.78, 5) is 24.7. The Hall–Kier alpha value is -2.73. The number of carbonyl (C=O) groups excluding carboxylic acids is 1. The first kappa shape index (κ1) is 18.6. The van der Waals surface area contributed by atoms with Crippen molar-refractivity contribution in [2.45, 2.75) is 26.8 Å². The van der Waals surface area contributed by atoms with Crippen molar-refractivity contribution in [3.05, 3.63) is 69.8 Å². The SMILES string of the molecule is CCCN(CC(=O)Nc1ccccc1C)Cc1ccc([N+](=O)[O-])cc1. The van der Waals surface area contributed by atoms with Gasteiger partial charge in [-0.2, -0.15) is 0 Å². The van der Waals surface area contributed by atoms with E-state index in [9.17, 15) is 14.9 Å². The summed E-state index contributed by atoms with van der Waals surface area (Å²) >= 11 is 0. The molecule has 0 aromatic heterocycles. The molecule has 0 heterocycles. The zero-order valence-corrected chi connectivity index (χ0v) is 14.6. The summed E-state index contributed by atoms with van der Waals surface area (Å²) in [6.45, 7) is 5.64. The second-order valence-electron chi connectivity index (χ2n) is 6.00. The number of hydrogen-bond donors (Lipinski definition) is 1. The Bertz CT molecular complexity index is 729. The average Bonchev–Trinajstić information content (AvgIpc) is 2.57. The molecule has 2 rings (SSSR count). The summed E-state index contributed by atoms with van der Waals surface area (Å²) in [5.74, 6) is -0.0651. The zero-order valence-electron chi connectivity index (χ0n) is 14.6. The average molecular weight is 341 g/mol. The van der Waals surface area contributed by atoms with Crippen molar-refractivity contribution in [2.24, 2.45) is 0 Å². The molecule has 0 atom stereocenters. The second kappa shape index (κ2) is 8.94. The van der Waals surface area contributed by atoms with Gasteiger partial charge in [-0.15, -0.1) is 0 Å². The van der Waals surface area contributed by atoms with E-state index in [1.54, 1.807) is 12.1 Å². The Labute approximate surface area is 147 Å². The first-order chi connectivity index (χ1) is 12.0. The van der Waals surface area contributed by atoms with Gasteiger partial charge in [0, 0.05) is 24.4 Å². The maximum absolute atomic E-state index is 12.3. The predicted molar refractivity (Wildman–Crippen MR) is 98.5 cm³/mol. The molecule has 0 fully saturated rings. The minimum atomic E-state index is -0.413. The number of nitro groups is 1. The predicted octanol–water partition coefficient (Wildman–Crippen LogP) is 3.75. The van der Waals surface area contributed by atoms with E-state index >= 15 is 0 Å². The highest BCUT2D eigenvalue weighted by Crippen LogP contribution is 2.15. The van der Waals surface area contributed by atoms with Gasteiger partial charge in [-0.1, -0.05) is 37.3 Å². The van der Waals surface area contributed by atoms with Crippen molar-refractivity contribution >= 4 is 17.3 Å². The molecule has 2 aromatic carbocycles. The molecule has 6 heteroatoms. The van der Waals surface area contributed by atoms with Gasteiger partial charge >= 0.3 is 0 Å². The van der Waals surface area contributed by atoms with Gasteiger partial charge in [-0.25, -0.2) is 0 Å². The molecule has 0 unspecified atom stereocenters. The molecular formula is C19H23N3O3. The third-order valence-corrected chi connectivity index (χ3v) is 3.88. The molecule has 0 spiro atoms. The van der Waals surface area contributed by atoms with Crippen LogP contribution < -0.4 is 5.32 Å². The number of hydrogen-bond acceptors (Lipinski definition) is 4. The van der Waals surface area contributed by atoms with Crippen LogP contribution in [-0.2, 0) is 11.3 Å². The van der Waals surface area contributed by atoms with Gasteiger partial charge in [0.1, 0.15) is 0 Å². The minimum absolute atomic E-state index is 0.0651. The summed E-state index contributed by atoms with van der Waals surface area (Å²) in [7, 11) is 0. The van der Waals surface area contributed by atoms with Gasteiger partial charge in [0.2, 0.25) is 5.91 Å². The summed E-state index contributed by atoms with van der Waals surface area (Å²) in [5.41, 5.74) is 2.86. The molecule has 1 amide bonds. The van der Waals surface area contributed by atoms with Gasteiger partial charge in [0.15, 0.2) is 0 Å². The van der Waals surface area contributed by atoms with Crippen LogP contribution in [0, 0.1) is 17.0 Å². The van der Waals surface area contributed by atoms with Crippen LogP contribution in [0.25, 0.3) is 0 Å². The quantitative estimate of drug-likeness (QED) is 0.586. The van der Waals surface area contributed by atoms with Gasteiger partial charge in [-0.3, -0.25) is 19.8 Å². The van der Waals surface area contributed by atoms with E-state index < -0.39 is 4.92 Å². The van der Waals surface area contributed by atoms with Crippen LogP contribution in [0.5, 0.6) is 0 Å². The number of rotatable bonds is 8. The van der Waals surface area contributed by atoms with Crippen LogP contribution in [0.3, 0.4) is 0 Å². The van der Waals surface area contributed by atoms with Crippen LogP contribution in [0.2, 0.25) is 0 Å². The van der Waals surface area contributed by atoms with E-state index in [2.05, 4.69) is 12.2 Å². The number of aryl methyl sites for hydroxylation is 1. The van der Waals surface area contributed by atoms with Crippen LogP contribution in [0.4, 0.5) is 11.4 Å². The maximum atomic E-state index is 12.3. The van der Waals surface area contributed by atoms with E-state index in [4.69, 9.17) is 0 Å². The molecule has 0 radical (unpaired) electrons. The van der Waals surface area contributed by atoms with E-state index in [0.717, 1.165) is 29.8 Å². The summed E-state index contributed by atoms with van der Waals surface area (Å²) in [5, 5.41) is 13.7. The van der Waals surface area contributed by atoms with Crippen LogP contribution in [0.15, 0.2) is 48.5 Å². The number of para-hydroxylation sites is 1. The summed E-state index contributed by atoms with van der Waals surface area (Å²) in [6, 6.07) is 14.1.